The Labute approximate surface area is 113 Å². The highest BCUT2D eigenvalue weighted by atomic mass is 16.5. The Morgan fingerprint density at radius 3 is 2.84 bits per heavy atom. The number of nitrogens with zero attached hydrogens (tertiary/aromatic N) is 3. The number of methoxy groups -OCH3 is 1. The van der Waals surface area contributed by atoms with E-state index in [1.54, 1.807) is 18.1 Å². The summed E-state index contributed by atoms with van der Waals surface area (Å²) >= 11 is 0. The molecule has 1 aromatic carbocycles. The molecular formula is C14H20N4O. The first-order valence-corrected chi connectivity index (χ1v) is 6.40. The molecule has 0 spiro atoms. The number of nitrogens with one attached hydrogen (secondary N) is 1. The second kappa shape index (κ2) is 6.33. The molecule has 0 aliphatic carbocycles. The summed E-state index contributed by atoms with van der Waals surface area (Å²) in [6, 6.07) is 6.71. The van der Waals surface area contributed by atoms with Crippen molar-refractivity contribution >= 4 is 0 Å². The van der Waals surface area contributed by atoms with Crippen molar-refractivity contribution in [2.75, 3.05) is 7.11 Å². The molecule has 1 N–H and O–H groups in total. The lowest BCUT2D eigenvalue weighted by Gasteiger charge is -2.12. The van der Waals surface area contributed by atoms with Gasteiger partial charge < -0.3 is 10.1 Å². The molecule has 0 saturated heterocycles. The minimum atomic E-state index is 0.473. The van der Waals surface area contributed by atoms with Crippen LogP contribution in [0.15, 0.2) is 30.9 Å². The quantitative estimate of drug-likeness (QED) is 0.861. The lowest BCUT2D eigenvalue weighted by Crippen LogP contribution is -2.21. The van der Waals surface area contributed by atoms with Gasteiger partial charge in [-0.05, 0) is 17.7 Å². The van der Waals surface area contributed by atoms with Crippen LogP contribution in [0.4, 0.5) is 0 Å². The van der Waals surface area contributed by atoms with E-state index < -0.39 is 0 Å². The van der Waals surface area contributed by atoms with Crippen molar-refractivity contribution in [3.05, 3.63) is 42.0 Å². The maximum Gasteiger partial charge on any atom is 0.137 e. The summed E-state index contributed by atoms with van der Waals surface area (Å²) in [5, 5.41) is 7.53. The van der Waals surface area contributed by atoms with Crippen LogP contribution in [0.3, 0.4) is 0 Å². The minimum absolute atomic E-state index is 0.473. The average molecular weight is 260 g/mol. The van der Waals surface area contributed by atoms with E-state index in [1.165, 1.54) is 11.9 Å². The fourth-order valence-corrected chi connectivity index (χ4v) is 1.88. The lowest BCUT2D eigenvalue weighted by atomic mass is 10.1. The molecule has 0 unspecified atom stereocenters. The number of benzene rings is 1. The molecule has 5 heteroatoms. The molecule has 0 amide bonds. The summed E-state index contributed by atoms with van der Waals surface area (Å²) in [6.07, 6.45) is 3.25. The van der Waals surface area contributed by atoms with Crippen molar-refractivity contribution in [3.63, 3.8) is 0 Å². The van der Waals surface area contributed by atoms with Gasteiger partial charge in [-0.2, -0.15) is 5.10 Å². The molecule has 0 fully saturated rings. The molecule has 0 aliphatic heterocycles. The van der Waals surface area contributed by atoms with Crippen molar-refractivity contribution < 1.29 is 4.74 Å². The maximum absolute atomic E-state index is 5.39. The second-order valence-corrected chi connectivity index (χ2v) is 4.77. The van der Waals surface area contributed by atoms with Gasteiger partial charge >= 0.3 is 0 Å². The Bertz CT molecular complexity index is 508. The zero-order chi connectivity index (χ0) is 13.7. The van der Waals surface area contributed by atoms with Gasteiger partial charge in [0.2, 0.25) is 0 Å². The van der Waals surface area contributed by atoms with E-state index in [0.29, 0.717) is 12.6 Å². The first-order valence-electron chi connectivity index (χ1n) is 6.40. The molecule has 19 heavy (non-hydrogen) atoms. The van der Waals surface area contributed by atoms with Gasteiger partial charge in [0.1, 0.15) is 18.4 Å². The van der Waals surface area contributed by atoms with Crippen molar-refractivity contribution in [2.45, 2.75) is 33.0 Å². The Hall–Kier alpha value is -1.88. The third-order valence-corrected chi connectivity index (χ3v) is 2.86. The lowest BCUT2D eigenvalue weighted by molar-refractivity contribution is 0.407. The monoisotopic (exact) mass is 260 g/mol. The highest BCUT2D eigenvalue weighted by Gasteiger charge is 2.06. The summed E-state index contributed by atoms with van der Waals surface area (Å²) in [5.74, 6) is 0.879. The van der Waals surface area contributed by atoms with Crippen molar-refractivity contribution in [1.29, 1.82) is 0 Å². The van der Waals surface area contributed by atoms with E-state index in [1.807, 2.05) is 6.07 Å². The van der Waals surface area contributed by atoms with Crippen LogP contribution in [-0.2, 0) is 13.1 Å². The SMILES string of the molecule is COc1ccc(CNC(C)C)cc1Cn1cncn1. The topological polar surface area (TPSA) is 52.0 Å². The van der Waals surface area contributed by atoms with Crippen LogP contribution >= 0.6 is 0 Å². The predicted molar refractivity (Wildman–Crippen MR) is 74.1 cm³/mol. The molecule has 0 saturated carbocycles. The van der Waals surface area contributed by atoms with Crippen LogP contribution in [0.2, 0.25) is 0 Å². The maximum atomic E-state index is 5.39. The van der Waals surface area contributed by atoms with E-state index in [2.05, 4.69) is 41.4 Å². The Morgan fingerprint density at radius 2 is 2.21 bits per heavy atom. The van der Waals surface area contributed by atoms with Crippen molar-refractivity contribution in [1.82, 2.24) is 20.1 Å². The van der Waals surface area contributed by atoms with Gasteiger partial charge in [-0.3, -0.25) is 0 Å². The highest BCUT2D eigenvalue weighted by molar-refractivity contribution is 5.37. The largest absolute Gasteiger partial charge is 0.496 e. The molecule has 2 aromatic rings. The van der Waals surface area contributed by atoms with E-state index in [-0.39, 0.29) is 0 Å². The predicted octanol–water partition coefficient (Wildman–Crippen LogP) is 1.83. The first kappa shape index (κ1) is 13.5. The molecule has 1 aromatic heterocycles. The van der Waals surface area contributed by atoms with Crippen LogP contribution in [0.25, 0.3) is 0 Å². The summed E-state index contributed by atoms with van der Waals surface area (Å²) in [4.78, 5) is 3.95. The van der Waals surface area contributed by atoms with Crippen LogP contribution in [-0.4, -0.2) is 27.9 Å². The number of hydrogen-bond acceptors (Lipinski definition) is 4. The van der Waals surface area contributed by atoms with E-state index in [4.69, 9.17) is 4.74 Å². The van der Waals surface area contributed by atoms with Gasteiger partial charge in [0.05, 0.1) is 13.7 Å². The van der Waals surface area contributed by atoms with Crippen molar-refractivity contribution in [2.24, 2.45) is 0 Å². The number of aromatic nitrogens is 3. The summed E-state index contributed by atoms with van der Waals surface area (Å²) in [7, 11) is 1.69. The number of ether oxygens (including phenoxy) is 1. The van der Waals surface area contributed by atoms with Crippen LogP contribution in [0.5, 0.6) is 5.75 Å². The Balaban J connectivity index is 2.16. The van der Waals surface area contributed by atoms with E-state index in [0.717, 1.165) is 17.9 Å². The molecule has 0 bridgehead atoms. The first-order chi connectivity index (χ1) is 9.19. The molecule has 102 valence electrons. The highest BCUT2D eigenvalue weighted by Crippen LogP contribution is 2.20. The van der Waals surface area contributed by atoms with Gasteiger partial charge in [0, 0.05) is 18.2 Å². The fourth-order valence-electron chi connectivity index (χ4n) is 1.88. The summed E-state index contributed by atoms with van der Waals surface area (Å²) in [5.41, 5.74) is 2.35. The smallest absolute Gasteiger partial charge is 0.137 e. The Kier molecular flexibility index (Phi) is 4.52. The molecule has 5 nitrogen and oxygen atoms in total. The van der Waals surface area contributed by atoms with Crippen LogP contribution in [0, 0.1) is 0 Å². The van der Waals surface area contributed by atoms with Gasteiger partial charge in [-0.1, -0.05) is 19.9 Å². The van der Waals surface area contributed by atoms with Gasteiger partial charge in [0.25, 0.3) is 0 Å². The molecule has 2 rings (SSSR count). The summed E-state index contributed by atoms with van der Waals surface area (Å²) < 4.78 is 7.18. The van der Waals surface area contributed by atoms with Crippen LogP contribution < -0.4 is 10.1 Å². The van der Waals surface area contributed by atoms with Gasteiger partial charge in [0.15, 0.2) is 0 Å². The zero-order valence-electron chi connectivity index (χ0n) is 11.6. The van der Waals surface area contributed by atoms with Gasteiger partial charge in [-0.15, -0.1) is 0 Å². The van der Waals surface area contributed by atoms with Gasteiger partial charge in [-0.25, -0.2) is 9.67 Å². The fraction of sp³-hybridized carbons (Fsp3) is 0.429. The van der Waals surface area contributed by atoms with E-state index >= 15 is 0 Å². The van der Waals surface area contributed by atoms with E-state index in [9.17, 15) is 0 Å². The number of hydrogen-bond donors (Lipinski definition) is 1. The Morgan fingerprint density at radius 1 is 1.37 bits per heavy atom. The minimum Gasteiger partial charge on any atom is -0.496 e. The van der Waals surface area contributed by atoms with Crippen LogP contribution in [0.1, 0.15) is 25.0 Å². The molecular weight excluding hydrogens is 240 g/mol. The van der Waals surface area contributed by atoms with Crippen molar-refractivity contribution in [3.8, 4) is 5.75 Å². The molecule has 0 atom stereocenters. The normalized spacial score (nSPS) is 10.9. The molecule has 0 aliphatic rings. The summed E-state index contributed by atoms with van der Waals surface area (Å²) in [6.45, 7) is 5.80. The standard InChI is InChI=1S/C14H20N4O/c1-11(2)16-7-12-4-5-14(19-3)13(6-12)8-18-10-15-9-17-18/h4-6,9-11,16H,7-8H2,1-3H3. The zero-order valence-corrected chi connectivity index (χ0v) is 11.6. The number of rotatable bonds is 6. The average Bonchev–Trinajstić information content (AvgIpc) is 2.89. The molecule has 0 radical (unpaired) electrons. The second-order valence-electron chi connectivity index (χ2n) is 4.77. The molecule has 1 heterocycles. The third kappa shape index (κ3) is 3.79. The third-order valence-electron chi connectivity index (χ3n) is 2.86.